The van der Waals surface area contributed by atoms with Crippen LogP contribution in [0, 0.1) is 0 Å². The maximum atomic E-state index is 12.3. The lowest BCUT2D eigenvalue weighted by atomic mass is 10.0. The molecule has 1 amide bonds. The van der Waals surface area contributed by atoms with Crippen LogP contribution in [0.2, 0.25) is 0 Å². The van der Waals surface area contributed by atoms with Gasteiger partial charge in [-0.2, -0.15) is 0 Å². The first kappa shape index (κ1) is 20.9. The highest BCUT2D eigenvalue weighted by Crippen LogP contribution is 2.16. The fourth-order valence-corrected chi connectivity index (χ4v) is 3.58. The van der Waals surface area contributed by atoms with Crippen LogP contribution in [0.4, 0.5) is 5.69 Å². The lowest BCUT2D eigenvalue weighted by Gasteiger charge is -2.27. The normalized spacial score (nSPS) is 20.1. The molecule has 0 unspecified atom stereocenters. The first-order chi connectivity index (χ1) is 12.7. The van der Waals surface area contributed by atoms with Gasteiger partial charge in [0.05, 0.1) is 6.10 Å². The number of hydrogen-bond donors (Lipinski definition) is 3. The summed E-state index contributed by atoms with van der Waals surface area (Å²) < 4.78 is 0. The van der Waals surface area contributed by atoms with E-state index in [1.54, 1.807) is 0 Å². The van der Waals surface area contributed by atoms with Crippen LogP contribution in [-0.2, 0) is 11.2 Å². The van der Waals surface area contributed by atoms with Gasteiger partial charge in [0.15, 0.2) is 0 Å². The molecule has 0 aliphatic carbocycles. The number of piperidine rings is 1. The van der Waals surface area contributed by atoms with Crippen molar-refractivity contribution in [2.45, 2.75) is 89.7 Å². The largest absolute Gasteiger partial charge is 0.391 e. The van der Waals surface area contributed by atoms with E-state index in [2.05, 4.69) is 29.7 Å². The average Bonchev–Trinajstić information content (AvgIpc) is 2.65. The molecule has 0 radical (unpaired) electrons. The number of carbonyl (C=O) groups is 1. The molecule has 1 aliphatic heterocycles. The Kier molecular flexibility index (Phi) is 9.72. The van der Waals surface area contributed by atoms with E-state index in [1.165, 1.54) is 56.9 Å². The molecule has 1 saturated heterocycles. The Balaban J connectivity index is 1.64. The Bertz CT molecular complexity index is 515. The minimum Gasteiger partial charge on any atom is -0.391 e. The number of carbonyl (C=O) groups excluding carboxylic acids is 1. The Morgan fingerprint density at radius 2 is 1.73 bits per heavy atom. The van der Waals surface area contributed by atoms with Gasteiger partial charge in [-0.15, -0.1) is 0 Å². The maximum absolute atomic E-state index is 12.3. The van der Waals surface area contributed by atoms with Gasteiger partial charge >= 0.3 is 0 Å². The first-order valence-electron chi connectivity index (χ1n) is 10.5. The number of anilines is 1. The molecule has 1 fully saturated rings. The molecule has 4 heteroatoms. The van der Waals surface area contributed by atoms with Crippen molar-refractivity contribution in [3.05, 3.63) is 29.8 Å². The molecule has 0 spiro atoms. The van der Waals surface area contributed by atoms with Crippen LogP contribution in [-0.4, -0.2) is 29.7 Å². The highest BCUT2D eigenvalue weighted by atomic mass is 16.3. The van der Waals surface area contributed by atoms with Crippen molar-refractivity contribution < 1.29 is 9.90 Å². The highest BCUT2D eigenvalue weighted by molar-refractivity contribution is 5.95. The monoisotopic (exact) mass is 360 g/mol. The SMILES string of the molecule is CCCCCCCCCCc1ccc(NC(=O)[C@H]2NCCC[C@H]2O)cc1. The highest BCUT2D eigenvalue weighted by Gasteiger charge is 2.28. The average molecular weight is 361 g/mol. The molecule has 0 aromatic heterocycles. The van der Waals surface area contributed by atoms with Crippen LogP contribution in [0.15, 0.2) is 24.3 Å². The van der Waals surface area contributed by atoms with Gasteiger partial charge in [0.25, 0.3) is 0 Å². The molecule has 0 bridgehead atoms. The lowest BCUT2D eigenvalue weighted by Crippen LogP contribution is -2.52. The predicted octanol–water partition coefficient (Wildman–Crippen LogP) is 4.42. The Hall–Kier alpha value is -1.39. The van der Waals surface area contributed by atoms with Crippen LogP contribution in [0.25, 0.3) is 0 Å². The minimum absolute atomic E-state index is 0.145. The molecule has 2 atom stereocenters. The molecule has 2 rings (SSSR count). The molecule has 1 heterocycles. The van der Waals surface area contributed by atoms with Gasteiger partial charge in [-0.05, 0) is 49.9 Å². The second-order valence-corrected chi connectivity index (χ2v) is 7.55. The molecular weight excluding hydrogens is 324 g/mol. The van der Waals surface area contributed by atoms with Gasteiger partial charge in [0, 0.05) is 5.69 Å². The van der Waals surface area contributed by atoms with Crippen molar-refractivity contribution in [1.29, 1.82) is 0 Å². The van der Waals surface area contributed by atoms with Gasteiger partial charge in [0.1, 0.15) is 6.04 Å². The summed E-state index contributed by atoms with van der Waals surface area (Å²) in [5, 5.41) is 15.9. The number of unbranched alkanes of at least 4 members (excludes halogenated alkanes) is 7. The molecule has 0 saturated carbocycles. The van der Waals surface area contributed by atoms with E-state index in [-0.39, 0.29) is 5.91 Å². The third-order valence-electron chi connectivity index (χ3n) is 5.25. The van der Waals surface area contributed by atoms with E-state index in [9.17, 15) is 9.90 Å². The second kappa shape index (κ2) is 12.1. The lowest BCUT2D eigenvalue weighted by molar-refractivity contribution is -0.121. The molecule has 26 heavy (non-hydrogen) atoms. The van der Waals surface area contributed by atoms with Gasteiger partial charge in [-0.25, -0.2) is 0 Å². The quantitative estimate of drug-likeness (QED) is 0.512. The van der Waals surface area contributed by atoms with E-state index in [4.69, 9.17) is 0 Å². The Labute approximate surface area is 158 Å². The number of aliphatic hydroxyl groups excluding tert-OH is 1. The van der Waals surface area contributed by atoms with Crippen molar-refractivity contribution in [2.24, 2.45) is 0 Å². The number of rotatable bonds is 11. The third kappa shape index (κ3) is 7.46. The summed E-state index contributed by atoms with van der Waals surface area (Å²) in [4.78, 5) is 12.3. The molecule has 146 valence electrons. The molecule has 4 nitrogen and oxygen atoms in total. The minimum atomic E-state index is -0.593. The number of aryl methyl sites for hydroxylation is 1. The van der Waals surface area contributed by atoms with Gasteiger partial charge in [0.2, 0.25) is 5.91 Å². The van der Waals surface area contributed by atoms with Crippen molar-refractivity contribution in [3.63, 3.8) is 0 Å². The number of hydrogen-bond acceptors (Lipinski definition) is 3. The van der Waals surface area contributed by atoms with Gasteiger partial charge < -0.3 is 15.7 Å². The number of amides is 1. The first-order valence-corrected chi connectivity index (χ1v) is 10.5. The molecule has 3 N–H and O–H groups in total. The van der Waals surface area contributed by atoms with Crippen LogP contribution in [0.3, 0.4) is 0 Å². The summed E-state index contributed by atoms with van der Waals surface area (Å²) in [5.41, 5.74) is 2.12. The fraction of sp³-hybridized carbons (Fsp3) is 0.682. The number of benzene rings is 1. The zero-order valence-electron chi connectivity index (χ0n) is 16.3. The van der Waals surface area contributed by atoms with Crippen LogP contribution >= 0.6 is 0 Å². The van der Waals surface area contributed by atoms with Crippen LogP contribution in [0.1, 0.15) is 76.7 Å². The Morgan fingerprint density at radius 1 is 1.08 bits per heavy atom. The van der Waals surface area contributed by atoms with E-state index in [0.29, 0.717) is 6.42 Å². The van der Waals surface area contributed by atoms with Crippen LogP contribution < -0.4 is 10.6 Å². The van der Waals surface area contributed by atoms with Crippen molar-refractivity contribution >= 4 is 11.6 Å². The predicted molar refractivity (Wildman–Crippen MR) is 108 cm³/mol. The topological polar surface area (TPSA) is 61.4 Å². The smallest absolute Gasteiger partial charge is 0.244 e. The zero-order chi connectivity index (χ0) is 18.6. The molecule has 1 aliphatic rings. The van der Waals surface area contributed by atoms with Crippen LogP contribution in [0.5, 0.6) is 0 Å². The molecule has 1 aromatic carbocycles. The summed E-state index contributed by atoms with van der Waals surface area (Å²) in [6, 6.07) is 7.63. The van der Waals surface area contributed by atoms with E-state index < -0.39 is 12.1 Å². The second-order valence-electron chi connectivity index (χ2n) is 7.55. The van der Waals surface area contributed by atoms with E-state index in [1.807, 2.05) is 12.1 Å². The Morgan fingerprint density at radius 3 is 2.38 bits per heavy atom. The standard InChI is InChI=1S/C22H36N2O2/c1-2-3-4-5-6-7-8-9-11-18-13-15-19(16-14-18)24-22(26)21-20(25)12-10-17-23-21/h13-16,20-21,23,25H,2-12,17H2,1H3,(H,24,26)/t20-,21+/m1/s1. The van der Waals surface area contributed by atoms with Gasteiger partial charge in [-0.1, -0.05) is 64.0 Å². The molecular formula is C22H36N2O2. The summed E-state index contributed by atoms with van der Waals surface area (Å²) in [6.45, 7) is 3.04. The van der Waals surface area contributed by atoms with E-state index >= 15 is 0 Å². The summed E-state index contributed by atoms with van der Waals surface area (Å²) >= 11 is 0. The summed E-state index contributed by atoms with van der Waals surface area (Å²) in [5.74, 6) is -0.145. The fourth-order valence-electron chi connectivity index (χ4n) is 3.58. The third-order valence-corrected chi connectivity index (χ3v) is 5.25. The van der Waals surface area contributed by atoms with Crippen molar-refractivity contribution in [3.8, 4) is 0 Å². The van der Waals surface area contributed by atoms with E-state index in [0.717, 1.165) is 25.1 Å². The summed E-state index contributed by atoms with van der Waals surface area (Å²) in [6.07, 6.45) is 12.8. The van der Waals surface area contributed by atoms with Crippen molar-refractivity contribution in [2.75, 3.05) is 11.9 Å². The number of aliphatic hydroxyl groups is 1. The van der Waals surface area contributed by atoms with Gasteiger partial charge in [-0.3, -0.25) is 4.79 Å². The summed E-state index contributed by atoms with van der Waals surface area (Å²) in [7, 11) is 0. The number of nitrogens with one attached hydrogen (secondary N) is 2. The molecule has 1 aromatic rings. The van der Waals surface area contributed by atoms with Crippen molar-refractivity contribution in [1.82, 2.24) is 5.32 Å². The zero-order valence-corrected chi connectivity index (χ0v) is 16.3. The maximum Gasteiger partial charge on any atom is 0.244 e.